The number of nitrogens with zero attached hydrogens (tertiary/aromatic N) is 1. The molecule has 0 radical (unpaired) electrons. The zero-order valence-electron chi connectivity index (χ0n) is 12.6. The smallest absolute Gasteiger partial charge is 0.189 e. The van der Waals surface area contributed by atoms with E-state index < -0.39 is 0 Å². The molecule has 0 saturated carbocycles. The average molecular weight is 264 g/mol. The van der Waals surface area contributed by atoms with Crippen LogP contribution in [0, 0.1) is 0 Å². The summed E-state index contributed by atoms with van der Waals surface area (Å²) in [6, 6.07) is 13.8. The summed E-state index contributed by atoms with van der Waals surface area (Å²) in [7, 11) is 0. The molecule has 0 fully saturated rings. The zero-order chi connectivity index (χ0) is 14.1. The van der Waals surface area contributed by atoms with E-state index in [-0.39, 0.29) is 0 Å². The maximum absolute atomic E-state index is 2.52. The number of benzene rings is 2. The van der Waals surface area contributed by atoms with Crippen molar-refractivity contribution in [3.8, 4) is 0 Å². The van der Waals surface area contributed by atoms with Gasteiger partial charge in [0, 0.05) is 18.6 Å². The maximum Gasteiger partial charge on any atom is 0.214 e. The summed E-state index contributed by atoms with van der Waals surface area (Å²) in [6.07, 6.45) is 6.82. The Morgan fingerprint density at radius 2 is 1.90 bits per heavy atom. The van der Waals surface area contributed by atoms with Gasteiger partial charge in [0.15, 0.2) is 6.04 Å². The van der Waals surface area contributed by atoms with Crippen molar-refractivity contribution in [3.05, 3.63) is 54.1 Å². The normalized spacial score (nSPS) is 15.6. The topological polar surface area (TPSA) is 3.01 Å². The SMILES string of the molecule is CC=CC1=[N+](C(C)CCC)c2cccc3cccc1c23. The average Bonchev–Trinajstić information content (AvgIpc) is 2.77. The van der Waals surface area contributed by atoms with Crippen LogP contribution in [0.25, 0.3) is 10.8 Å². The van der Waals surface area contributed by atoms with Crippen LogP contribution in [0.2, 0.25) is 0 Å². The van der Waals surface area contributed by atoms with Crippen LogP contribution >= 0.6 is 0 Å². The van der Waals surface area contributed by atoms with Gasteiger partial charge in [-0.1, -0.05) is 37.3 Å². The van der Waals surface area contributed by atoms with Gasteiger partial charge in [-0.3, -0.25) is 0 Å². The molecule has 0 saturated heterocycles. The highest BCUT2D eigenvalue weighted by Crippen LogP contribution is 2.37. The molecule has 2 aromatic carbocycles. The van der Waals surface area contributed by atoms with Crippen molar-refractivity contribution in [2.24, 2.45) is 0 Å². The van der Waals surface area contributed by atoms with E-state index in [1.54, 1.807) is 0 Å². The molecule has 1 aliphatic heterocycles. The third-order valence-corrected chi connectivity index (χ3v) is 4.15. The van der Waals surface area contributed by atoms with Gasteiger partial charge in [0.2, 0.25) is 11.4 Å². The summed E-state index contributed by atoms with van der Waals surface area (Å²) in [6.45, 7) is 6.69. The third-order valence-electron chi connectivity index (χ3n) is 4.15. The molecule has 0 amide bonds. The molecule has 1 nitrogen and oxygen atoms in total. The number of hydrogen-bond donors (Lipinski definition) is 0. The molecule has 0 bridgehead atoms. The fourth-order valence-electron chi connectivity index (χ4n) is 3.34. The van der Waals surface area contributed by atoms with Gasteiger partial charge >= 0.3 is 0 Å². The summed E-state index contributed by atoms with van der Waals surface area (Å²) in [5.74, 6) is 0. The second-order valence-electron chi connectivity index (χ2n) is 5.57. The summed E-state index contributed by atoms with van der Waals surface area (Å²) < 4.78 is 2.52. The second-order valence-corrected chi connectivity index (χ2v) is 5.57. The summed E-state index contributed by atoms with van der Waals surface area (Å²) in [5.41, 5.74) is 4.09. The fraction of sp³-hybridized carbons (Fsp3) is 0.316. The molecule has 102 valence electrons. The van der Waals surface area contributed by atoms with Gasteiger partial charge in [0.05, 0.1) is 10.9 Å². The van der Waals surface area contributed by atoms with Crippen LogP contribution in [0.4, 0.5) is 5.69 Å². The monoisotopic (exact) mass is 264 g/mol. The van der Waals surface area contributed by atoms with Crippen LogP contribution in [0.3, 0.4) is 0 Å². The molecule has 0 N–H and O–H groups in total. The molecule has 1 heterocycles. The Morgan fingerprint density at radius 1 is 1.15 bits per heavy atom. The van der Waals surface area contributed by atoms with Crippen molar-refractivity contribution in [1.82, 2.24) is 0 Å². The lowest BCUT2D eigenvalue weighted by Crippen LogP contribution is -2.22. The van der Waals surface area contributed by atoms with Crippen molar-refractivity contribution in [1.29, 1.82) is 0 Å². The van der Waals surface area contributed by atoms with Crippen molar-refractivity contribution < 1.29 is 4.58 Å². The fourth-order valence-corrected chi connectivity index (χ4v) is 3.34. The van der Waals surface area contributed by atoms with E-state index in [0.717, 1.165) is 0 Å². The Bertz CT molecular complexity index is 702. The van der Waals surface area contributed by atoms with E-state index in [2.05, 4.69) is 73.9 Å². The molecular formula is C19H22N+. The van der Waals surface area contributed by atoms with E-state index in [9.17, 15) is 0 Å². The van der Waals surface area contributed by atoms with E-state index in [1.165, 1.54) is 40.6 Å². The summed E-state index contributed by atoms with van der Waals surface area (Å²) in [5, 5.41) is 2.75. The molecule has 1 atom stereocenters. The lowest BCUT2D eigenvalue weighted by molar-refractivity contribution is -0.476. The van der Waals surface area contributed by atoms with E-state index in [1.807, 2.05) is 0 Å². The number of hydrogen-bond acceptors (Lipinski definition) is 0. The Balaban J connectivity index is 2.29. The van der Waals surface area contributed by atoms with Crippen molar-refractivity contribution in [2.45, 2.75) is 39.7 Å². The predicted octanol–water partition coefficient (Wildman–Crippen LogP) is 5.05. The first-order valence-electron chi connectivity index (χ1n) is 7.59. The molecule has 2 aromatic rings. The third kappa shape index (κ3) is 1.89. The van der Waals surface area contributed by atoms with E-state index in [0.29, 0.717) is 6.04 Å². The van der Waals surface area contributed by atoms with Crippen LogP contribution in [-0.4, -0.2) is 16.3 Å². The molecular weight excluding hydrogens is 242 g/mol. The minimum absolute atomic E-state index is 0.532. The van der Waals surface area contributed by atoms with E-state index >= 15 is 0 Å². The molecule has 0 aliphatic carbocycles. The van der Waals surface area contributed by atoms with Gasteiger partial charge in [-0.05, 0) is 31.7 Å². The van der Waals surface area contributed by atoms with Crippen LogP contribution < -0.4 is 0 Å². The molecule has 0 spiro atoms. The standard InChI is InChI=1S/C19H22N/c1-4-8-14(3)20-17(9-5-2)16-12-6-10-15-11-7-13-18(20)19(15)16/h5-7,9-14H,4,8H2,1-3H3/q+1. The zero-order valence-corrected chi connectivity index (χ0v) is 12.6. The van der Waals surface area contributed by atoms with Crippen molar-refractivity contribution in [3.63, 3.8) is 0 Å². The summed E-state index contributed by atoms with van der Waals surface area (Å²) >= 11 is 0. The lowest BCUT2D eigenvalue weighted by Gasteiger charge is -2.09. The maximum atomic E-state index is 2.52. The van der Waals surface area contributed by atoms with Crippen molar-refractivity contribution in [2.75, 3.05) is 0 Å². The second kappa shape index (κ2) is 5.24. The van der Waals surface area contributed by atoms with Crippen LogP contribution in [-0.2, 0) is 0 Å². The van der Waals surface area contributed by atoms with Gasteiger partial charge < -0.3 is 0 Å². The molecule has 20 heavy (non-hydrogen) atoms. The Morgan fingerprint density at radius 3 is 2.60 bits per heavy atom. The van der Waals surface area contributed by atoms with Gasteiger partial charge in [-0.2, -0.15) is 4.58 Å². The van der Waals surface area contributed by atoms with Gasteiger partial charge in [-0.15, -0.1) is 0 Å². The van der Waals surface area contributed by atoms with Gasteiger partial charge in [-0.25, -0.2) is 0 Å². The van der Waals surface area contributed by atoms with Crippen LogP contribution in [0.5, 0.6) is 0 Å². The first-order valence-corrected chi connectivity index (χ1v) is 7.59. The quantitative estimate of drug-likeness (QED) is 0.680. The lowest BCUT2D eigenvalue weighted by atomic mass is 10.0. The minimum atomic E-state index is 0.532. The number of rotatable bonds is 4. The summed E-state index contributed by atoms with van der Waals surface area (Å²) in [4.78, 5) is 0. The highest BCUT2D eigenvalue weighted by Gasteiger charge is 2.33. The largest absolute Gasteiger partial charge is 0.214 e. The van der Waals surface area contributed by atoms with Crippen molar-refractivity contribution >= 4 is 22.2 Å². The Hall–Kier alpha value is -1.89. The van der Waals surface area contributed by atoms with Gasteiger partial charge in [0.1, 0.15) is 0 Å². The highest BCUT2D eigenvalue weighted by molar-refractivity contribution is 6.19. The van der Waals surface area contributed by atoms with Crippen LogP contribution in [0.1, 0.15) is 39.2 Å². The molecule has 0 aromatic heterocycles. The molecule has 1 heteroatoms. The Labute approximate surface area is 121 Å². The Kier molecular flexibility index (Phi) is 3.43. The molecule has 1 aliphatic rings. The first kappa shape index (κ1) is 13.1. The van der Waals surface area contributed by atoms with E-state index in [4.69, 9.17) is 0 Å². The number of allylic oxidation sites excluding steroid dienone is 2. The molecule has 1 unspecified atom stereocenters. The highest BCUT2D eigenvalue weighted by atomic mass is 15.1. The predicted molar refractivity (Wildman–Crippen MR) is 87.2 cm³/mol. The molecule has 3 rings (SSSR count). The first-order chi connectivity index (χ1) is 9.77. The minimum Gasteiger partial charge on any atom is -0.189 e. The van der Waals surface area contributed by atoms with Gasteiger partial charge in [0.25, 0.3) is 0 Å². The van der Waals surface area contributed by atoms with Crippen LogP contribution in [0.15, 0.2) is 48.6 Å².